The van der Waals surface area contributed by atoms with Crippen molar-refractivity contribution in [3.63, 3.8) is 0 Å². The average molecular weight is 879 g/mol. The first kappa shape index (κ1) is 49.0. The van der Waals surface area contributed by atoms with Crippen LogP contribution in [-0.4, -0.2) is 109 Å². The van der Waals surface area contributed by atoms with Gasteiger partial charge in [-0.05, 0) is 60.5 Å². The van der Waals surface area contributed by atoms with E-state index in [2.05, 4.69) is 5.32 Å². The quantitative estimate of drug-likeness (QED) is 0.0829. The zero-order valence-electron chi connectivity index (χ0n) is 38.5. The van der Waals surface area contributed by atoms with Gasteiger partial charge in [0.25, 0.3) is 11.7 Å². The van der Waals surface area contributed by atoms with Crippen molar-refractivity contribution in [1.29, 1.82) is 0 Å². The van der Waals surface area contributed by atoms with Crippen LogP contribution in [-0.2, 0) is 29.0 Å². The summed E-state index contributed by atoms with van der Waals surface area (Å²) in [5.74, 6) is -8.68. The van der Waals surface area contributed by atoms with E-state index < -0.39 is 106 Å². The monoisotopic (exact) mass is 878 g/mol. The van der Waals surface area contributed by atoms with Crippen LogP contribution in [0.15, 0.2) is 41.1 Å². The highest BCUT2D eigenvalue weighted by atomic mass is 16.7. The fraction of sp³-hybridized carbons (Fsp3) is 0.574. The molecule has 6 N–H and O–H groups in total. The van der Waals surface area contributed by atoms with E-state index >= 15 is 0 Å². The maximum Gasteiger partial charge on any atom is 0.312 e. The number of allylic oxidation sites excluding steroid dienone is 2. The molecule has 6 rings (SSSR count). The van der Waals surface area contributed by atoms with Gasteiger partial charge in [0.2, 0.25) is 0 Å². The molecule has 1 saturated heterocycles. The number of aliphatic hydroxyl groups is 2. The lowest BCUT2D eigenvalue weighted by atomic mass is 9.78. The van der Waals surface area contributed by atoms with E-state index in [0.29, 0.717) is 12.8 Å². The predicted molar refractivity (Wildman–Crippen MR) is 235 cm³/mol. The number of hydroxylamine groups is 2. The molecule has 0 spiro atoms. The summed E-state index contributed by atoms with van der Waals surface area (Å²) in [7, 11) is 1.43. The van der Waals surface area contributed by atoms with Crippen LogP contribution in [0.2, 0.25) is 0 Å². The number of hydrogen-bond donors (Lipinski definition) is 6. The molecule has 0 saturated carbocycles. The number of Topliss-reactive ketones (excluding diaryl/α,β-unsaturated/α-hetero) is 1. The molecule has 9 unspecified atom stereocenters. The van der Waals surface area contributed by atoms with Crippen molar-refractivity contribution in [2.75, 3.05) is 12.4 Å². The molecule has 1 fully saturated rings. The first-order valence-electron chi connectivity index (χ1n) is 21.3. The summed E-state index contributed by atoms with van der Waals surface area (Å²) in [6.45, 7) is 19.7. The molecule has 4 heterocycles. The van der Waals surface area contributed by atoms with Gasteiger partial charge >= 0.3 is 11.8 Å². The number of methoxy groups -OCH3 is 1. The van der Waals surface area contributed by atoms with Crippen molar-refractivity contribution in [2.45, 2.75) is 143 Å². The molecule has 16 heteroatoms. The predicted octanol–water partition coefficient (Wildman–Crippen LogP) is 6.54. The number of hydrogen-bond acceptors (Lipinski definition) is 14. The number of rotatable bonds is 4. The Bertz CT molecular complexity index is 2230. The van der Waals surface area contributed by atoms with Crippen molar-refractivity contribution in [1.82, 2.24) is 5.06 Å². The van der Waals surface area contributed by atoms with Crippen LogP contribution >= 0.6 is 0 Å². The SMILES string of the molecule is COC1/C=C/OC2(C)Oc3c(C)c(O)c4c(O)c(c(C=NC5CC(C)(C)N([O])C(C)(C)C5)c(O)c4c3C2=O)NC(=O)/C(C)=C\C=C\C(C)C(O)C(C)C(O)C(C)C(OC(C)=O)C1C. The number of ketones is 1. The smallest absolute Gasteiger partial charge is 0.312 e. The number of nitrogens with zero attached hydrogens (tertiary/aromatic N) is 2. The van der Waals surface area contributed by atoms with E-state index in [-0.39, 0.29) is 44.5 Å². The molecule has 2 aromatic carbocycles. The highest BCUT2D eigenvalue weighted by Crippen LogP contribution is 2.55. The Labute approximate surface area is 368 Å². The molecule has 345 valence electrons. The average Bonchev–Trinajstić information content (AvgIpc) is 3.47. The van der Waals surface area contributed by atoms with Crippen molar-refractivity contribution in [3.8, 4) is 23.0 Å². The molecule has 0 aliphatic carbocycles. The molecule has 5 bridgehead atoms. The minimum atomic E-state index is -2.08. The van der Waals surface area contributed by atoms with E-state index in [0.717, 1.165) is 5.06 Å². The van der Waals surface area contributed by atoms with E-state index in [4.69, 9.17) is 23.9 Å². The summed E-state index contributed by atoms with van der Waals surface area (Å²) in [5, 5.41) is 75.1. The highest BCUT2D eigenvalue weighted by molar-refractivity contribution is 6.23. The number of anilines is 1. The lowest BCUT2D eigenvalue weighted by molar-refractivity contribution is -0.288. The number of amides is 1. The fourth-order valence-corrected chi connectivity index (χ4v) is 9.37. The number of fused-ring (bicyclic) bond motifs is 14. The summed E-state index contributed by atoms with van der Waals surface area (Å²) in [6.07, 6.45) is 5.39. The number of phenols is 3. The first-order chi connectivity index (χ1) is 29.2. The van der Waals surface area contributed by atoms with Crippen LogP contribution in [0.3, 0.4) is 0 Å². The van der Waals surface area contributed by atoms with Gasteiger partial charge in [0.1, 0.15) is 23.4 Å². The second-order valence-corrected chi connectivity index (χ2v) is 18.9. The Morgan fingerprint density at radius 2 is 1.52 bits per heavy atom. The maximum absolute atomic E-state index is 14.5. The van der Waals surface area contributed by atoms with Gasteiger partial charge in [-0.15, -0.1) is 10.3 Å². The van der Waals surface area contributed by atoms with E-state index in [1.165, 1.54) is 59.4 Å². The van der Waals surface area contributed by atoms with Crippen LogP contribution in [0.5, 0.6) is 23.0 Å². The van der Waals surface area contributed by atoms with E-state index in [9.17, 15) is 45.1 Å². The second-order valence-electron chi connectivity index (χ2n) is 18.9. The van der Waals surface area contributed by atoms with Gasteiger partial charge in [-0.2, -0.15) is 0 Å². The number of aliphatic imine (C=N–C) groups is 1. The summed E-state index contributed by atoms with van der Waals surface area (Å²) < 4.78 is 23.7. The van der Waals surface area contributed by atoms with E-state index in [1.54, 1.807) is 39.8 Å². The van der Waals surface area contributed by atoms with Crippen molar-refractivity contribution >= 4 is 40.3 Å². The summed E-state index contributed by atoms with van der Waals surface area (Å²) in [4.78, 5) is 45.6. The molecular formula is C47H64N3O13. The standard InChI is InChI=1S/C47H64N3O13/c1-22-15-14-16-23(2)44(58)49-35-30(21-48-29-19-45(8,9)50(59)46(10,11)20-29)39(55)32-33(40(35)56)38(54)27(6)42-34(32)43(57)47(12,63-42)61-18-17-31(60-13)24(3)41(62-28(7)51)26(5)37(53)25(4)36(22)52/h14-18,21-22,24-26,29,31,36-37,41,52-56H,19-20H2,1-13H3,(H,49,58)/b15-14+,18-17+,23-16-,48-21?. The molecule has 16 nitrogen and oxygen atoms in total. The highest BCUT2D eigenvalue weighted by Gasteiger charge is 2.50. The number of piperidine rings is 1. The van der Waals surface area contributed by atoms with Crippen LogP contribution in [0.4, 0.5) is 5.69 Å². The zero-order chi connectivity index (χ0) is 47.3. The minimum Gasteiger partial charge on any atom is -0.507 e. The van der Waals surface area contributed by atoms with E-state index in [1.807, 2.05) is 27.7 Å². The second kappa shape index (κ2) is 18.2. The van der Waals surface area contributed by atoms with Crippen molar-refractivity contribution in [3.05, 3.63) is 52.8 Å². The Hall–Kier alpha value is -5.00. The topological polar surface area (TPSA) is 237 Å². The van der Waals surface area contributed by atoms with Crippen molar-refractivity contribution < 1.29 is 64.1 Å². The molecule has 2 aromatic rings. The number of benzene rings is 2. The largest absolute Gasteiger partial charge is 0.507 e. The number of esters is 1. The molecule has 4 aliphatic rings. The number of carbonyl (C=O) groups is 3. The Kier molecular flexibility index (Phi) is 14.2. The number of nitrogens with one attached hydrogen (secondary N) is 1. The fourth-order valence-electron chi connectivity index (χ4n) is 9.37. The van der Waals surface area contributed by atoms with Crippen LogP contribution in [0, 0.1) is 30.6 Å². The molecule has 4 aliphatic heterocycles. The molecule has 63 heavy (non-hydrogen) atoms. The summed E-state index contributed by atoms with van der Waals surface area (Å²) in [5.41, 5.74) is -2.14. The van der Waals surface area contributed by atoms with Gasteiger partial charge in [0.05, 0.1) is 52.8 Å². The number of aromatic hydroxyl groups is 3. The Morgan fingerprint density at radius 3 is 2.11 bits per heavy atom. The van der Waals surface area contributed by atoms with Gasteiger partial charge in [-0.25, -0.2) is 0 Å². The third kappa shape index (κ3) is 9.32. The summed E-state index contributed by atoms with van der Waals surface area (Å²) in [6, 6.07) is -0.439. The van der Waals surface area contributed by atoms with Gasteiger partial charge < -0.3 is 49.8 Å². The maximum atomic E-state index is 14.5. The van der Waals surface area contributed by atoms with Gasteiger partial charge in [0.15, 0.2) is 5.75 Å². The number of carbonyl (C=O) groups excluding carboxylic acids is 3. The molecular weight excluding hydrogens is 815 g/mol. The minimum absolute atomic E-state index is 0.0295. The van der Waals surface area contributed by atoms with Crippen LogP contribution in [0.1, 0.15) is 110 Å². The number of ether oxygens (including phenoxy) is 4. The van der Waals surface area contributed by atoms with Crippen LogP contribution in [0.25, 0.3) is 10.8 Å². The van der Waals surface area contributed by atoms with Crippen molar-refractivity contribution in [2.24, 2.45) is 28.7 Å². The Morgan fingerprint density at radius 1 is 0.905 bits per heavy atom. The van der Waals surface area contributed by atoms with Gasteiger partial charge in [-0.3, -0.25) is 19.4 Å². The molecule has 9 atom stereocenters. The summed E-state index contributed by atoms with van der Waals surface area (Å²) >= 11 is 0. The van der Waals surface area contributed by atoms with Gasteiger partial charge in [0, 0.05) is 78.4 Å². The molecule has 1 radical (unpaired) electrons. The third-order valence-corrected chi connectivity index (χ3v) is 13.0. The zero-order valence-corrected chi connectivity index (χ0v) is 38.5. The lowest BCUT2D eigenvalue weighted by Crippen LogP contribution is -2.59. The number of phenolic OH excluding ortho intramolecular Hbond substituents is 3. The molecule has 0 aromatic heterocycles. The molecule has 1 amide bonds. The third-order valence-electron chi connectivity index (χ3n) is 13.0. The van der Waals surface area contributed by atoms with Crippen LogP contribution < -0.4 is 10.1 Å². The lowest BCUT2D eigenvalue weighted by Gasteiger charge is -2.48. The number of aliphatic hydroxyl groups excluding tert-OH is 2. The first-order valence-corrected chi connectivity index (χ1v) is 21.3. The normalized spacial score (nSPS) is 32.8. The van der Waals surface area contributed by atoms with Gasteiger partial charge in [-0.1, -0.05) is 45.9 Å². The Balaban J connectivity index is 1.73.